The number of aliphatic hydroxyl groups excluding tert-OH is 3. The fraction of sp³-hybridized carbons (Fsp3) is 0.500. The molecule has 2 rings (SSSR count). The highest BCUT2D eigenvalue weighted by atomic mass is 35.5. The van der Waals surface area contributed by atoms with Gasteiger partial charge in [0.15, 0.2) is 0 Å². The number of benzene rings is 1. The van der Waals surface area contributed by atoms with Gasteiger partial charge in [0.05, 0.1) is 16.0 Å². The molecule has 2 unspecified atom stereocenters. The summed E-state index contributed by atoms with van der Waals surface area (Å²) < 4.78 is 10.6. The Morgan fingerprint density at radius 3 is 2.52 bits per heavy atom. The number of hydrogen-bond acceptors (Lipinski definition) is 7. The van der Waals surface area contributed by atoms with Crippen LogP contribution in [-0.4, -0.2) is 50.9 Å². The van der Waals surface area contributed by atoms with Crippen LogP contribution in [-0.2, 0) is 4.74 Å². The standard InChI is InChI=1S/C12H14ClNO7/c1-5-9(15)10(16)11(17)12(20-5)21-8-3-2-6(14(18)19)4-7(8)13/h2-5,9-12,15-17H,1H3/t5?,9-,10+,11?,12+/m1/s1. The van der Waals surface area contributed by atoms with Crippen LogP contribution in [0.2, 0.25) is 5.02 Å². The maximum absolute atomic E-state index is 10.6. The summed E-state index contributed by atoms with van der Waals surface area (Å²) in [4.78, 5) is 10.0. The van der Waals surface area contributed by atoms with Crippen LogP contribution in [0.4, 0.5) is 5.69 Å². The second kappa shape index (κ2) is 6.12. The molecule has 0 spiro atoms. The number of halogens is 1. The van der Waals surface area contributed by atoms with Gasteiger partial charge in [-0.1, -0.05) is 11.6 Å². The second-order valence-corrected chi connectivity index (χ2v) is 5.08. The summed E-state index contributed by atoms with van der Waals surface area (Å²) in [6, 6.07) is 3.55. The molecule has 1 aliphatic heterocycles. The Hall–Kier alpha value is -1.45. The number of ether oxygens (including phenoxy) is 2. The van der Waals surface area contributed by atoms with Gasteiger partial charge in [-0.15, -0.1) is 0 Å². The molecule has 0 saturated carbocycles. The van der Waals surface area contributed by atoms with Crippen LogP contribution in [0.15, 0.2) is 18.2 Å². The van der Waals surface area contributed by atoms with E-state index in [-0.39, 0.29) is 16.5 Å². The van der Waals surface area contributed by atoms with E-state index in [9.17, 15) is 25.4 Å². The van der Waals surface area contributed by atoms with Crippen LogP contribution in [0.3, 0.4) is 0 Å². The van der Waals surface area contributed by atoms with Gasteiger partial charge in [-0.05, 0) is 13.0 Å². The highest BCUT2D eigenvalue weighted by molar-refractivity contribution is 6.32. The van der Waals surface area contributed by atoms with E-state index >= 15 is 0 Å². The lowest BCUT2D eigenvalue weighted by atomic mass is 10.00. The predicted molar refractivity (Wildman–Crippen MR) is 71.1 cm³/mol. The molecule has 1 heterocycles. The van der Waals surface area contributed by atoms with E-state index in [0.717, 1.165) is 6.07 Å². The number of nitrogens with zero attached hydrogens (tertiary/aromatic N) is 1. The van der Waals surface area contributed by atoms with Crippen molar-refractivity contribution in [1.82, 2.24) is 0 Å². The number of nitro groups is 1. The second-order valence-electron chi connectivity index (χ2n) is 4.67. The maximum atomic E-state index is 10.6. The Kier molecular flexibility index (Phi) is 4.64. The third-order valence-electron chi connectivity index (χ3n) is 3.18. The SMILES string of the molecule is CC1O[C@@H](Oc2ccc([N+](=O)[O-])cc2Cl)C(O)[C@@H](O)[C@@H]1O. The highest BCUT2D eigenvalue weighted by Gasteiger charge is 2.43. The van der Waals surface area contributed by atoms with Crippen molar-refractivity contribution in [3.8, 4) is 5.75 Å². The molecular formula is C12H14ClNO7. The Labute approximate surface area is 124 Å². The van der Waals surface area contributed by atoms with E-state index in [1.54, 1.807) is 0 Å². The normalized spacial score (nSPS) is 32.7. The molecule has 1 aromatic rings. The van der Waals surface area contributed by atoms with Crippen molar-refractivity contribution in [1.29, 1.82) is 0 Å². The molecular weight excluding hydrogens is 306 g/mol. The van der Waals surface area contributed by atoms with Crippen LogP contribution in [0.1, 0.15) is 6.92 Å². The minimum atomic E-state index is -1.48. The highest BCUT2D eigenvalue weighted by Crippen LogP contribution is 2.31. The summed E-state index contributed by atoms with van der Waals surface area (Å²) in [5.41, 5.74) is -0.207. The van der Waals surface area contributed by atoms with Crippen molar-refractivity contribution >= 4 is 17.3 Å². The van der Waals surface area contributed by atoms with Crippen molar-refractivity contribution in [2.45, 2.75) is 37.6 Å². The zero-order valence-electron chi connectivity index (χ0n) is 10.9. The lowest BCUT2D eigenvalue weighted by molar-refractivity contribution is -0.384. The van der Waals surface area contributed by atoms with Gasteiger partial charge in [0, 0.05) is 12.1 Å². The first-order valence-electron chi connectivity index (χ1n) is 6.11. The van der Waals surface area contributed by atoms with Crippen molar-refractivity contribution in [3.05, 3.63) is 33.3 Å². The third-order valence-corrected chi connectivity index (χ3v) is 3.47. The van der Waals surface area contributed by atoms with Crippen LogP contribution in [0, 0.1) is 10.1 Å². The van der Waals surface area contributed by atoms with Gasteiger partial charge < -0.3 is 24.8 Å². The zero-order chi connectivity index (χ0) is 15.7. The first-order valence-corrected chi connectivity index (χ1v) is 6.49. The van der Waals surface area contributed by atoms with Gasteiger partial charge in [0.2, 0.25) is 6.29 Å². The zero-order valence-corrected chi connectivity index (χ0v) is 11.7. The molecule has 0 aliphatic carbocycles. The molecule has 8 nitrogen and oxygen atoms in total. The largest absolute Gasteiger partial charge is 0.460 e. The maximum Gasteiger partial charge on any atom is 0.271 e. The Balaban J connectivity index is 2.16. The number of nitro benzene ring substituents is 1. The van der Waals surface area contributed by atoms with Crippen molar-refractivity contribution in [2.24, 2.45) is 0 Å². The van der Waals surface area contributed by atoms with Gasteiger partial charge in [-0.3, -0.25) is 10.1 Å². The van der Waals surface area contributed by atoms with Crippen LogP contribution < -0.4 is 4.74 Å². The summed E-state index contributed by atoms with van der Waals surface area (Å²) in [7, 11) is 0. The van der Waals surface area contributed by atoms with Gasteiger partial charge in [-0.2, -0.15) is 0 Å². The molecule has 21 heavy (non-hydrogen) atoms. The van der Waals surface area contributed by atoms with Crippen LogP contribution in [0.5, 0.6) is 5.75 Å². The molecule has 1 fully saturated rings. The van der Waals surface area contributed by atoms with E-state index in [1.807, 2.05) is 0 Å². The molecule has 0 radical (unpaired) electrons. The molecule has 1 aliphatic rings. The lowest BCUT2D eigenvalue weighted by Crippen LogP contribution is -2.58. The molecule has 116 valence electrons. The first-order chi connectivity index (χ1) is 9.81. The fourth-order valence-corrected chi connectivity index (χ4v) is 2.15. The molecule has 3 N–H and O–H groups in total. The predicted octanol–water partition coefficient (Wildman–Crippen LogP) is 0.454. The minimum absolute atomic E-state index is 0.0340. The number of non-ortho nitro benzene ring substituents is 1. The topological polar surface area (TPSA) is 122 Å². The van der Waals surface area contributed by atoms with E-state index in [4.69, 9.17) is 21.1 Å². The van der Waals surface area contributed by atoms with E-state index < -0.39 is 35.6 Å². The summed E-state index contributed by atoms with van der Waals surface area (Å²) in [6.07, 6.45) is -6.17. The molecule has 0 bridgehead atoms. The fourth-order valence-electron chi connectivity index (χ4n) is 1.93. The Morgan fingerprint density at radius 1 is 1.29 bits per heavy atom. The quantitative estimate of drug-likeness (QED) is 0.546. The number of hydrogen-bond donors (Lipinski definition) is 3. The molecule has 1 saturated heterocycles. The monoisotopic (exact) mass is 319 g/mol. The Bertz CT molecular complexity index is 540. The van der Waals surface area contributed by atoms with E-state index in [0.29, 0.717) is 0 Å². The molecule has 9 heteroatoms. The van der Waals surface area contributed by atoms with Gasteiger partial charge in [0.1, 0.15) is 24.1 Å². The summed E-state index contributed by atoms with van der Waals surface area (Å²) in [6.45, 7) is 1.51. The van der Waals surface area contributed by atoms with Crippen molar-refractivity contribution in [3.63, 3.8) is 0 Å². The van der Waals surface area contributed by atoms with Gasteiger partial charge in [0.25, 0.3) is 5.69 Å². The summed E-state index contributed by atoms with van der Waals surface area (Å²) in [5, 5.41) is 39.6. The van der Waals surface area contributed by atoms with E-state index in [2.05, 4.69) is 0 Å². The molecule has 1 aromatic carbocycles. The molecule has 0 aromatic heterocycles. The van der Waals surface area contributed by atoms with Crippen LogP contribution >= 0.6 is 11.6 Å². The summed E-state index contributed by atoms with van der Waals surface area (Å²) >= 11 is 5.86. The van der Waals surface area contributed by atoms with Crippen molar-refractivity contribution in [2.75, 3.05) is 0 Å². The average molecular weight is 320 g/mol. The number of rotatable bonds is 3. The third kappa shape index (κ3) is 3.25. The molecule has 0 amide bonds. The van der Waals surface area contributed by atoms with Gasteiger partial charge >= 0.3 is 0 Å². The lowest BCUT2D eigenvalue weighted by Gasteiger charge is -2.38. The average Bonchev–Trinajstić information content (AvgIpc) is 2.44. The van der Waals surface area contributed by atoms with Crippen LogP contribution in [0.25, 0.3) is 0 Å². The number of aliphatic hydroxyl groups is 3. The summed E-state index contributed by atoms with van der Waals surface area (Å²) in [5.74, 6) is 0.0575. The Morgan fingerprint density at radius 2 is 1.95 bits per heavy atom. The molecule has 5 atom stereocenters. The smallest absolute Gasteiger partial charge is 0.271 e. The van der Waals surface area contributed by atoms with Crippen molar-refractivity contribution < 1.29 is 29.7 Å². The first kappa shape index (κ1) is 15.9. The van der Waals surface area contributed by atoms with Gasteiger partial charge in [-0.25, -0.2) is 0 Å². The van der Waals surface area contributed by atoms with E-state index in [1.165, 1.54) is 19.1 Å². The minimum Gasteiger partial charge on any atom is -0.460 e.